The first-order valence-electron chi connectivity index (χ1n) is 6.84. The van der Waals surface area contributed by atoms with Crippen LogP contribution in [0, 0.1) is 0 Å². The van der Waals surface area contributed by atoms with Crippen LogP contribution >= 0.6 is 15.9 Å². The van der Waals surface area contributed by atoms with Crippen molar-refractivity contribution in [3.05, 3.63) is 70.7 Å². The van der Waals surface area contributed by atoms with Crippen molar-refractivity contribution >= 4 is 39.1 Å². The molecule has 3 N–H and O–H groups in total. The lowest BCUT2D eigenvalue weighted by atomic mass is 10.1. The number of halogens is 1. The molecule has 0 atom stereocenters. The van der Waals surface area contributed by atoms with Crippen molar-refractivity contribution in [2.45, 2.75) is 6.92 Å². The van der Waals surface area contributed by atoms with Gasteiger partial charge in [0.05, 0.1) is 5.70 Å². The van der Waals surface area contributed by atoms with Gasteiger partial charge in [0.15, 0.2) is 0 Å². The molecule has 0 aliphatic rings. The first-order chi connectivity index (χ1) is 11.0. The Kier molecular flexibility index (Phi) is 5.54. The second-order valence-corrected chi connectivity index (χ2v) is 5.74. The van der Waals surface area contributed by atoms with E-state index in [4.69, 9.17) is 0 Å². The van der Waals surface area contributed by atoms with Gasteiger partial charge in [0, 0.05) is 28.2 Å². The highest BCUT2D eigenvalue weighted by atomic mass is 79.9. The highest BCUT2D eigenvalue weighted by Crippen LogP contribution is 2.15. The van der Waals surface area contributed by atoms with Crippen LogP contribution in [0.25, 0.3) is 5.70 Å². The van der Waals surface area contributed by atoms with Gasteiger partial charge in [-0.25, -0.2) is 0 Å². The maximum atomic E-state index is 12.0. The Morgan fingerprint density at radius 1 is 1.00 bits per heavy atom. The van der Waals surface area contributed by atoms with Gasteiger partial charge in [-0.3, -0.25) is 20.4 Å². The second-order valence-electron chi connectivity index (χ2n) is 4.83. The Morgan fingerprint density at radius 3 is 2.35 bits per heavy atom. The van der Waals surface area contributed by atoms with Crippen molar-refractivity contribution in [2.75, 3.05) is 5.32 Å². The van der Waals surface area contributed by atoms with Gasteiger partial charge in [0.25, 0.3) is 5.91 Å². The maximum Gasteiger partial charge on any atom is 0.269 e. The third-order valence-corrected chi connectivity index (χ3v) is 3.49. The van der Waals surface area contributed by atoms with Crippen molar-refractivity contribution in [1.82, 2.24) is 10.9 Å². The zero-order chi connectivity index (χ0) is 16.8. The van der Waals surface area contributed by atoms with Gasteiger partial charge >= 0.3 is 0 Å². The van der Waals surface area contributed by atoms with Gasteiger partial charge in [-0.15, -0.1) is 0 Å². The average molecular weight is 374 g/mol. The lowest BCUT2D eigenvalue weighted by Crippen LogP contribution is -2.35. The number of amides is 2. The largest absolute Gasteiger partial charge is 0.326 e. The molecule has 2 amide bonds. The Labute approximate surface area is 142 Å². The average Bonchev–Trinajstić information content (AvgIpc) is 2.52. The number of benzene rings is 2. The fraction of sp³-hybridized carbons (Fsp3) is 0.0588. The van der Waals surface area contributed by atoms with Crippen LogP contribution in [0.3, 0.4) is 0 Å². The summed E-state index contributed by atoms with van der Waals surface area (Å²) in [5.41, 5.74) is 7.83. The third kappa shape index (κ3) is 4.96. The molecule has 0 spiro atoms. The van der Waals surface area contributed by atoms with E-state index in [1.807, 2.05) is 6.07 Å². The van der Waals surface area contributed by atoms with E-state index in [1.54, 1.807) is 42.5 Å². The van der Waals surface area contributed by atoms with E-state index in [1.165, 1.54) is 6.92 Å². The van der Waals surface area contributed by atoms with Gasteiger partial charge in [0.1, 0.15) is 0 Å². The SMILES string of the molecule is C=C(NNC(=O)c1ccc(Br)cc1)c1cccc(NC(C)=O)c1. The molecule has 0 heterocycles. The van der Waals surface area contributed by atoms with Crippen LogP contribution in [0.1, 0.15) is 22.8 Å². The van der Waals surface area contributed by atoms with Crippen LogP contribution in [0.2, 0.25) is 0 Å². The van der Waals surface area contributed by atoms with Crippen LogP contribution in [-0.4, -0.2) is 11.8 Å². The molecule has 0 aliphatic heterocycles. The summed E-state index contributed by atoms with van der Waals surface area (Å²) < 4.78 is 0.904. The lowest BCUT2D eigenvalue weighted by molar-refractivity contribution is -0.114. The Bertz CT molecular complexity index is 742. The normalized spacial score (nSPS) is 9.83. The third-order valence-electron chi connectivity index (χ3n) is 2.96. The molecule has 23 heavy (non-hydrogen) atoms. The van der Waals surface area contributed by atoms with E-state index in [-0.39, 0.29) is 11.8 Å². The summed E-state index contributed by atoms with van der Waals surface area (Å²) in [6.45, 7) is 5.32. The number of rotatable bonds is 5. The molecule has 2 aromatic carbocycles. The number of hydrogen-bond donors (Lipinski definition) is 3. The van der Waals surface area contributed by atoms with E-state index in [0.29, 0.717) is 16.9 Å². The van der Waals surface area contributed by atoms with Gasteiger partial charge < -0.3 is 5.32 Å². The molecule has 118 valence electrons. The van der Waals surface area contributed by atoms with E-state index in [2.05, 4.69) is 38.7 Å². The summed E-state index contributed by atoms with van der Waals surface area (Å²) in [6.07, 6.45) is 0. The van der Waals surface area contributed by atoms with Crippen molar-refractivity contribution in [2.24, 2.45) is 0 Å². The summed E-state index contributed by atoms with van der Waals surface area (Å²) in [6, 6.07) is 14.2. The fourth-order valence-electron chi connectivity index (χ4n) is 1.87. The number of anilines is 1. The Morgan fingerprint density at radius 2 is 1.70 bits per heavy atom. The number of nitrogens with one attached hydrogen (secondary N) is 3. The fourth-order valence-corrected chi connectivity index (χ4v) is 2.13. The quantitative estimate of drug-likeness (QED) is 0.704. The number of hydrogen-bond acceptors (Lipinski definition) is 3. The molecule has 0 radical (unpaired) electrons. The van der Waals surface area contributed by atoms with Crippen LogP contribution in [0.5, 0.6) is 0 Å². The Hall–Kier alpha value is -2.60. The van der Waals surface area contributed by atoms with Crippen molar-refractivity contribution < 1.29 is 9.59 Å². The van der Waals surface area contributed by atoms with Crippen molar-refractivity contribution in [3.63, 3.8) is 0 Å². The highest BCUT2D eigenvalue weighted by molar-refractivity contribution is 9.10. The molecule has 0 saturated heterocycles. The molecule has 0 aliphatic carbocycles. The van der Waals surface area contributed by atoms with Crippen molar-refractivity contribution in [1.29, 1.82) is 0 Å². The molecule has 0 unspecified atom stereocenters. The summed E-state index contributed by atoms with van der Waals surface area (Å²) in [7, 11) is 0. The summed E-state index contributed by atoms with van der Waals surface area (Å²) in [4.78, 5) is 23.1. The molecule has 2 aromatic rings. The summed E-state index contributed by atoms with van der Waals surface area (Å²) in [5, 5.41) is 2.70. The van der Waals surface area contributed by atoms with Crippen LogP contribution in [-0.2, 0) is 4.79 Å². The minimum Gasteiger partial charge on any atom is -0.326 e. The van der Waals surface area contributed by atoms with Crippen LogP contribution < -0.4 is 16.2 Å². The Balaban J connectivity index is 1.98. The van der Waals surface area contributed by atoms with Gasteiger partial charge in [-0.1, -0.05) is 34.6 Å². The van der Waals surface area contributed by atoms with E-state index in [0.717, 1.165) is 10.0 Å². The monoisotopic (exact) mass is 373 g/mol. The molecule has 5 nitrogen and oxygen atoms in total. The number of carbonyl (C=O) groups is 2. The smallest absolute Gasteiger partial charge is 0.269 e. The van der Waals surface area contributed by atoms with E-state index in [9.17, 15) is 9.59 Å². The minimum absolute atomic E-state index is 0.149. The molecule has 0 aromatic heterocycles. The molecule has 0 saturated carbocycles. The molecule has 2 rings (SSSR count). The second kappa shape index (κ2) is 7.60. The predicted octanol–water partition coefficient (Wildman–Crippen LogP) is 3.31. The van der Waals surface area contributed by atoms with Crippen LogP contribution in [0.4, 0.5) is 5.69 Å². The zero-order valence-corrected chi connectivity index (χ0v) is 14.1. The molecular weight excluding hydrogens is 358 g/mol. The van der Waals surface area contributed by atoms with Crippen molar-refractivity contribution in [3.8, 4) is 0 Å². The summed E-state index contributed by atoms with van der Waals surface area (Å²) in [5.74, 6) is -0.416. The zero-order valence-electron chi connectivity index (χ0n) is 12.5. The number of carbonyl (C=O) groups excluding carboxylic acids is 2. The number of hydrazine groups is 1. The molecule has 0 fully saturated rings. The maximum absolute atomic E-state index is 12.0. The van der Waals surface area contributed by atoms with E-state index >= 15 is 0 Å². The topological polar surface area (TPSA) is 70.2 Å². The van der Waals surface area contributed by atoms with E-state index < -0.39 is 0 Å². The van der Waals surface area contributed by atoms with Gasteiger partial charge in [-0.2, -0.15) is 0 Å². The highest BCUT2D eigenvalue weighted by Gasteiger charge is 2.06. The summed E-state index contributed by atoms with van der Waals surface area (Å²) >= 11 is 3.32. The van der Waals surface area contributed by atoms with Gasteiger partial charge in [0.2, 0.25) is 5.91 Å². The first-order valence-corrected chi connectivity index (χ1v) is 7.64. The minimum atomic E-state index is -0.267. The van der Waals surface area contributed by atoms with Crippen LogP contribution in [0.15, 0.2) is 59.6 Å². The van der Waals surface area contributed by atoms with Gasteiger partial charge in [-0.05, 0) is 36.4 Å². The molecular formula is C17H16BrN3O2. The molecule has 6 heteroatoms. The molecule has 0 bridgehead atoms. The predicted molar refractivity (Wildman–Crippen MR) is 94.5 cm³/mol. The lowest BCUT2D eigenvalue weighted by Gasteiger charge is -2.12. The standard InChI is InChI=1S/C17H16BrN3O2/c1-11(14-4-3-5-16(10-14)19-12(2)22)20-21-17(23)13-6-8-15(18)9-7-13/h3-10,20H,1H2,2H3,(H,19,22)(H,21,23). The first kappa shape index (κ1) is 16.8.